The third kappa shape index (κ3) is 2.81. The first-order chi connectivity index (χ1) is 10.8. The maximum atomic E-state index is 13.2. The number of hydrogen-bond donors (Lipinski definition) is 2. The Kier molecular flexibility index (Phi) is 5.50. The lowest BCUT2D eigenvalue weighted by molar-refractivity contribution is -0.225. The van der Waals surface area contributed by atoms with Crippen molar-refractivity contribution in [3.8, 4) is 0 Å². The van der Waals surface area contributed by atoms with Crippen molar-refractivity contribution in [3.05, 3.63) is 34.6 Å². The Labute approximate surface area is 152 Å². The largest absolute Gasteiger partial charge is 0.377 e. The highest BCUT2D eigenvalue weighted by atomic mass is 35.5. The summed E-state index contributed by atoms with van der Waals surface area (Å²) in [6, 6.07) is 4.41. The lowest BCUT2D eigenvalue weighted by atomic mass is 9.46. The van der Waals surface area contributed by atoms with Gasteiger partial charge in [-0.1, -0.05) is 31.5 Å². The molecule has 2 aliphatic rings. The van der Waals surface area contributed by atoms with Gasteiger partial charge in [-0.05, 0) is 30.5 Å². The van der Waals surface area contributed by atoms with Crippen molar-refractivity contribution in [2.45, 2.75) is 44.9 Å². The Bertz CT molecular complexity index is 641. The fourth-order valence-corrected chi connectivity index (χ4v) is 4.22. The van der Waals surface area contributed by atoms with Gasteiger partial charge in [0.05, 0.1) is 11.1 Å². The highest BCUT2D eigenvalue weighted by molar-refractivity contribution is 6.30. The van der Waals surface area contributed by atoms with E-state index in [1.165, 1.54) is 12.1 Å². The predicted molar refractivity (Wildman–Crippen MR) is 93.7 cm³/mol. The Balaban J connectivity index is 0.00000208. The highest BCUT2D eigenvalue weighted by Gasteiger charge is 2.70. The fraction of sp³-hybridized carbons (Fsp3) is 0.588. The highest BCUT2D eigenvalue weighted by Crippen LogP contribution is 2.57. The molecule has 4 nitrogen and oxygen atoms in total. The Morgan fingerprint density at radius 3 is 2.88 bits per heavy atom. The van der Waals surface area contributed by atoms with Crippen LogP contribution in [0.3, 0.4) is 0 Å². The molecule has 3 rings (SSSR count). The van der Waals surface area contributed by atoms with E-state index in [1.807, 2.05) is 13.8 Å². The van der Waals surface area contributed by atoms with Gasteiger partial charge in [-0.3, -0.25) is 4.79 Å². The molecule has 0 bridgehead atoms. The molecule has 1 aromatic rings. The molecule has 2 fully saturated rings. The van der Waals surface area contributed by atoms with Crippen LogP contribution in [-0.2, 0) is 16.1 Å². The molecule has 1 aliphatic heterocycles. The van der Waals surface area contributed by atoms with Crippen LogP contribution in [0.2, 0.25) is 5.02 Å². The van der Waals surface area contributed by atoms with E-state index in [0.717, 1.165) is 25.0 Å². The van der Waals surface area contributed by atoms with E-state index >= 15 is 0 Å². The van der Waals surface area contributed by atoms with Crippen molar-refractivity contribution < 1.29 is 13.9 Å². The standard InChI is InChI=1S/C17H22ClFN2O2.ClH/c1-16(2)14-11(4-3-7-23-14)17(16,20)15(22)21-9-10-5-6-13(19)12(18)8-10;/h5-6,8,11,14H,3-4,7,9,20H2,1-2H3,(H,21,22);1H. The van der Waals surface area contributed by atoms with Gasteiger partial charge in [0.15, 0.2) is 0 Å². The third-order valence-electron chi connectivity index (χ3n) is 5.50. The summed E-state index contributed by atoms with van der Waals surface area (Å²) in [5.74, 6) is -0.614. The molecule has 24 heavy (non-hydrogen) atoms. The second-order valence-electron chi connectivity index (χ2n) is 7.06. The quantitative estimate of drug-likeness (QED) is 0.851. The van der Waals surface area contributed by atoms with E-state index in [0.29, 0.717) is 0 Å². The zero-order valence-corrected chi connectivity index (χ0v) is 15.3. The first kappa shape index (κ1) is 19.4. The summed E-state index contributed by atoms with van der Waals surface area (Å²) in [5.41, 5.74) is 5.90. The Hall–Kier alpha value is -0.880. The zero-order valence-electron chi connectivity index (χ0n) is 13.8. The van der Waals surface area contributed by atoms with Gasteiger partial charge in [0.2, 0.25) is 5.91 Å². The number of nitrogens with one attached hydrogen (secondary N) is 1. The number of fused-ring (bicyclic) bond motifs is 1. The van der Waals surface area contributed by atoms with Crippen molar-refractivity contribution in [2.24, 2.45) is 17.1 Å². The first-order valence-corrected chi connectivity index (χ1v) is 8.29. The average Bonchev–Trinajstić information content (AvgIpc) is 2.54. The van der Waals surface area contributed by atoms with Crippen molar-refractivity contribution in [1.29, 1.82) is 0 Å². The smallest absolute Gasteiger partial charge is 0.241 e. The topological polar surface area (TPSA) is 64.3 Å². The van der Waals surface area contributed by atoms with E-state index in [1.54, 1.807) is 6.07 Å². The Morgan fingerprint density at radius 1 is 1.50 bits per heavy atom. The molecule has 7 heteroatoms. The minimum atomic E-state index is -0.943. The minimum Gasteiger partial charge on any atom is -0.377 e. The molecule has 1 aromatic carbocycles. The molecule has 3 unspecified atom stereocenters. The molecule has 1 saturated heterocycles. The maximum Gasteiger partial charge on any atom is 0.241 e. The molecule has 134 valence electrons. The number of benzene rings is 1. The van der Waals surface area contributed by atoms with Gasteiger partial charge in [0.1, 0.15) is 11.4 Å². The van der Waals surface area contributed by atoms with Crippen LogP contribution in [0.4, 0.5) is 4.39 Å². The maximum absolute atomic E-state index is 13.2. The summed E-state index contributed by atoms with van der Waals surface area (Å²) in [4.78, 5) is 12.7. The summed E-state index contributed by atoms with van der Waals surface area (Å²) in [6.45, 7) is 4.96. The number of carbonyl (C=O) groups excluding carboxylic acids is 1. The second kappa shape index (κ2) is 6.79. The van der Waals surface area contributed by atoms with Gasteiger partial charge in [0, 0.05) is 24.5 Å². The number of halogens is 3. The number of nitrogens with two attached hydrogens (primary N) is 1. The zero-order chi connectivity index (χ0) is 16.8. The number of ether oxygens (including phenoxy) is 1. The normalized spacial score (nSPS) is 30.5. The number of carbonyl (C=O) groups is 1. The molecule has 0 aromatic heterocycles. The van der Waals surface area contributed by atoms with Crippen molar-refractivity contribution >= 4 is 29.9 Å². The fourth-order valence-electron chi connectivity index (χ4n) is 4.01. The van der Waals surface area contributed by atoms with Crippen LogP contribution in [0, 0.1) is 17.2 Å². The van der Waals surface area contributed by atoms with Crippen LogP contribution in [0.1, 0.15) is 32.3 Å². The van der Waals surface area contributed by atoms with Gasteiger partial charge in [-0.15, -0.1) is 12.4 Å². The van der Waals surface area contributed by atoms with E-state index < -0.39 is 16.8 Å². The SMILES string of the molecule is CC1(C)C2OCCCC2C1(N)C(=O)NCc1ccc(F)c(Cl)c1.Cl. The lowest BCUT2D eigenvalue weighted by Gasteiger charge is -2.65. The summed E-state index contributed by atoms with van der Waals surface area (Å²) < 4.78 is 19.0. The van der Waals surface area contributed by atoms with Crippen LogP contribution < -0.4 is 11.1 Å². The number of amides is 1. The Morgan fingerprint density at radius 2 is 2.21 bits per heavy atom. The van der Waals surface area contributed by atoms with Gasteiger partial charge in [-0.25, -0.2) is 4.39 Å². The molecule has 0 spiro atoms. The average molecular weight is 377 g/mol. The molecule has 1 amide bonds. The van der Waals surface area contributed by atoms with E-state index in [9.17, 15) is 9.18 Å². The second-order valence-corrected chi connectivity index (χ2v) is 7.47. The monoisotopic (exact) mass is 376 g/mol. The molecule has 1 aliphatic carbocycles. The molecule has 3 atom stereocenters. The minimum absolute atomic E-state index is 0. The van der Waals surface area contributed by atoms with Crippen molar-refractivity contribution in [1.82, 2.24) is 5.32 Å². The summed E-state index contributed by atoms with van der Waals surface area (Å²) in [6.07, 6.45) is 1.87. The van der Waals surface area contributed by atoms with Crippen molar-refractivity contribution in [3.63, 3.8) is 0 Å². The van der Waals surface area contributed by atoms with Crippen LogP contribution in [0.25, 0.3) is 0 Å². The van der Waals surface area contributed by atoms with Crippen LogP contribution in [-0.4, -0.2) is 24.2 Å². The van der Waals surface area contributed by atoms with Gasteiger partial charge in [0.25, 0.3) is 0 Å². The summed E-state index contributed by atoms with van der Waals surface area (Å²) in [5, 5.41) is 2.92. The van der Waals surface area contributed by atoms with Gasteiger partial charge in [-0.2, -0.15) is 0 Å². The van der Waals surface area contributed by atoms with Crippen molar-refractivity contribution in [2.75, 3.05) is 6.61 Å². The molecule has 3 N–H and O–H groups in total. The van der Waals surface area contributed by atoms with Gasteiger partial charge >= 0.3 is 0 Å². The summed E-state index contributed by atoms with van der Waals surface area (Å²) in [7, 11) is 0. The molecular formula is C17H23Cl2FN2O2. The van der Waals surface area contributed by atoms with Crippen LogP contribution >= 0.6 is 24.0 Å². The molecule has 0 radical (unpaired) electrons. The number of rotatable bonds is 3. The summed E-state index contributed by atoms with van der Waals surface area (Å²) >= 11 is 5.77. The molecular weight excluding hydrogens is 354 g/mol. The molecule has 1 saturated carbocycles. The first-order valence-electron chi connectivity index (χ1n) is 7.91. The molecule has 1 heterocycles. The third-order valence-corrected chi connectivity index (χ3v) is 5.79. The predicted octanol–water partition coefficient (Wildman–Crippen LogP) is 3.05. The van der Waals surface area contributed by atoms with E-state index in [-0.39, 0.29) is 41.9 Å². The van der Waals surface area contributed by atoms with E-state index in [2.05, 4.69) is 5.32 Å². The van der Waals surface area contributed by atoms with E-state index in [4.69, 9.17) is 22.1 Å². The van der Waals surface area contributed by atoms with Crippen LogP contribution in [0.15, 0.2) is 18.2 Å². The number of hydrogen-bond acceptors (Lipinski definition) is 3. The lowest BCUT2D eigenvalue weighted by Crippen LogP contribution is -2.82. The van der Waals surface area contributed by atoms with Crippen LogP contribution in [0.5, 0.6) is 0 Å². The van der Waals surface area contributed by atoms with Gasteiger partial charge < -0.3 is 15.8 Å².